The molecule has 4 nitrogen and oxygen atoms in total. The molecule has 3 rings (SSSR count). The molecule has 2 atom stereocenters. The summed E-state index contributed by atoms with van der Waals surface area (Å²) in [6.07, 6.45) is -17.0. The first-order chi connectivity index (χ1) is 18.2. The van der Waals surface area contributed by atoms with Crippen LogP contribution in [0.25, 0.3) is 0 Å². The van der Waals surface area contributed by atoms with Gasteiger partial charge in [-0.3, -0.25) is 4.90 Å². The van der Waals surface area contributed by atoms with Gasteiger partial charge >= 0.3 is 24.6 Å². The second-order valence-corrected chi connectivity index (χ2v) is 8.28. The van der Waals surface area contributed by atoms with Crippen LogP contribution in [0, 0.1) is 0 Å². The highest BCUT2D eigenvalue weighted by molar-refractivity contribution is 5.90. The van der Waals surface area contributed by atoms with Crippen LogP contribution in [-0.4, -0.2) is 18.7 Å². The smallest absolute Gasteiger partial charge is 0.416 e. The number of alkyl halides is 9. The molecule has 1 N–H and O–H groups in total. The van der Waals surface area contributed by atoms with E-state index in [1.165, 1.54) is 6.92 Å². The molecular formula is C24H23F9N2O2. The molecule has 2 aromatic carbocycles. The number of amides is 1. The van der Waals surface area contributed by atoms with E-state index in [-0.39, 0.29) is 30.3 Å². The highest BCUT2D eigenvalue weighted by Crippen LogP contribution is 2.42. The molecule has 0 saturated heterocycles. The number of rotatable bonds is 5. The zero-order chi connectivity index (χ0) is 30.3. The number of nitrogens with zero attached hydrogens (tertiary/aromatic N) is 1. The first-order valence-electron chi connectivity index (χ1n) is 12.4. The molecule has 0 spiro atoms. The third-order valence-electron chi connectivity index (χ3n) is 5.76. The van der Waals surface area contributed by atoms with E-state index in [9.17, 15) is 44.3 Å². The molecule has 204 valence electrons. The average molecular weight is 545 g/mol. The fourth-order valence-electron chi connectivity index (χ4n) is 4.10. The third-order valence-corrected chi connectivity index (χ3v) is 5.76. The number of ether oxygens (including phenoxy) is 1. The number of hydrogen-bond acceptors (Lipinski definition) is 3. The van der Waals surface area contributed by atoms with Crippen molar-refractivity contribution in [1.82, 2.24) is 5.32 Å². The summed E-state index contributed by atoms with van der Waals surface area (Å²) in [6, 6.07) is 0.867. The van der Waals surface area contributed by atoms with Crippen molar-refractivity contribution in [2.45, 2.75) is 63.8 Å². The summed E-state index contributed by atoms with van der Waals surface area (Å²) in [5.41, 5.74) is -5.03. The Kier molecular flexibility index (Phi) is 6.87. The molecule has 0 aromatic heterocycles. The first-order valence-corrected chi connectivity index (χ1v) is 10.9. The maximum absolute atomic E-state index is 13.5. The Morgan fingerprint density at radius 1 is 0.973 bits per heavy atom. The van der Waals surface area contributed by atoms with Crippen LogP contribution in [0.1, 0.15) is 64.6 Å². The summed E-state index contributed by atoms with van der Waals surface area (Å²) < 4.78 is 148. The summed E-state index contributed by atoms with van der Waals surface area (Å²) in [5, 5.41) is 2.67. The second-order valence-electron chi connectivity index (χ2n) is 8.28. The summed E-state index contributed by atoms with van der Waals surface area (Å²) in [5.74, 6) is 0. The normalized spacial score (nSPS) is 20.1. The van der Waals surface area contributed by atoms with E-state index in [0.717, 1.165) is 11.0 Å². The lowest BCUT2D eigenvalue weighted by molar-refractivity contribution is -0.143. The van der Waals surface area contributed by atoms with Gasteiger partial charge in [0.05, 0.1) is 29.0 Å². The van der Waals surface area contributed by atoms with Crippen LogP contribution < -0.4 is 10.2 Å². The minimum absolute atomic E-state index is 0.0569. The summed E-state index contributed by atoms with van der Waals surface area (Å²) in [4.78, 5) is 13.7. The molecule has 1 aliphatic heterocycles. The molecule has 0 aliphatic carbocycles. The van der Waals surface area contributed by atoms with Crippen LogP contribution in [0.4, 0.5) is 50.0 Å². The molecule has 1 amide bonds. The fraction of sp³-hybridized carbons (Fsp3) is 0.458. The monoisotopic (exact) mass is 545 g/mol. The Hall–Kier alpha value is -2.96. The minimum Gasteiger partial charge on any atom is -0.449 e. The quantitative estimate of drug-likeness (QED) is 0.391. The van der Waals surface area contributed by atoms with E-state index >= 15 is 0 Å². The largest absolute Gasteiger partial charge is 0.449 e. The number of carbonyl (C=O) groups excluding carboxylic acids is 1. The van der Waals surface area contributed by atoms with E-state index in [4.69, 9.17) is 8.85 Å². The van der Waals surface area contributed by atoms with Gasteiger partial charge in [0.1, 0.15) is 0 Å². The topological polar surface area (TPSA) is 41.6 Å². The van der Waals surface area contributed by atoms with Crippen LogP contribution in [-0.2, 0) is 29.8 Å². The molecular weight excluding hydrogens is 519 g/mol. The van der Waals surface area contributed by atoms with E-state index in [0.29, 0.717) is 24.3 Å². The Morgan fingerprint density at radius 3 is 2.08 bits per heavy atom. The van der Waals surface area contributed by atoms with Crippen molar-refractivity contribution in [2.75, 3.05) is 11.5 Å². The molecule has 0 saturated carbocycles. The van der Waals surface area contributed by atoms with E-state index < -0.39 is 78.8 Å². The van der Waals surface area contributed by atoms with Gasteiger partial charge in [0.25, 0.3) is 0 Å². The van der Waals surface area contributed by atoms with E-state index in [2.05, 4.69) is 5.32 Å². The second kappa shape index (κ2) is 10.4. The number of anilines is 1. The number of carbonyl (C=O) groups is 1. The van der Waals surface area contributed by atoms with Crippen molar-refractivity contribution in [3.05, 3.63) is 64.2 Å². The maximum atomic E-state index is 13.5. The van der Waals surface area contributed by atoms with Gasteiger partial charge in [-0.25, -0.2) is 4.79 Å². The van der Waals surface area contributed by atoms with Crippen molar-refractivity contribution in [3.63, 3.8) is 0 Å². The molecule has 37 heavy (non-hydrogen) atoms. The lowest BCUT2D eigenvalue weighted by atomic mass is 9.88. The van der Waals surface area contributed by atoms with Crippen molar-refractivity contribution in [3.8, 4) is 0 Å². The molecule has 13 heteroatoms. The van der Waals surface area contributed by atoms with Gasteiger partial charge in [-0.2, -0.15) is 39.5 Å². The Morgan fingerprint density at radius 2 is 1.57 bits per heavy atom. The van der Waals surface area contributed by atoms with Crippen molar-refractivity contribution >= 4 is 11.8 Å². The molecule has 0 bridgehead atoms. The number of halogens is 9. The Bertz CT molecular complexity index is 1200. The van der Waals surface area contributed by atoms with Crippen LogP contribution >= 0.6 is 0 Å². The Labute approximate surface area is 210 Å². The number of benzene rings is 2. The molecule has 0 fully saturated rings. The summed E-state index contributed by atoms with van der Waals surface area (Å²) in [7, 11) is 0. The first kappa shape index (κ1) is 24.4. The van der Waals surface area contributed by atoms with Gasteiger partial charge < -0.3 is 10.1 Å². The van der Waals surface area contributed by atoms with Gasteiger partial charge in [0.2, 0.25) is 0 Å². The van der Waals surface area contributed by atoms with Crippen LogP contribution in [0.15, 0.2) is 36.4 Å². The minimum atomic E-state index is -5.11. The lowest BCUT2D eigenvalue weighted by Crippen LogP contribution is -2.47. The summed E-state index contributed by atoms with van der Waals surface area (Å²) >= 11 is 0. The van der Waals surface area contributed by atoms with Crippen molar-refractivity contribution in [2.24, 2.45) is 0 Å². The van der Waals surface area contributed by atoms with Crippen LogP contribution in [0.2, 0.25) is 0 Å². The molecule has 1 aliphatic rings. The molecule has 0 unspecified atom stereocenters. The predicted molar refractivity (Wildman–Crippen MR) is 116 cm³/mol. The van der Waals surface area contributed by atoms with Gasteiger partial charge in [0.15, 0.2) is 0 Å². The fourth-order valence-corrected chi connectivity index (χ4v) is 4.10. The van der Waals surface area contributed by atoms with Gasteiger partial charge in [-0.05, 0) is 67.3 Å². The number of nitrogens with one attached hydrogen (secondary N) is 1. The summed E-state index contributed by atoms with van der Waals surface area (Å²) in [6.45, 7) is -1.92. The maximum Gasteiger partial charge on any atom is 0.416 e. The Balaban J connectivity index is 2.08. The van der Waals surface area contributed by atoms with E-state index in [1.807, 2.05) is 0 Å². The van der Waals surface area contributed by atoms with Crippen LogP contribution in [0.5, 0.6) is 0 Å². The van der Waals surface area contributed by atoms with Crippen LogP contribution in [0.3, 0.4) is 0 Å². The number of hydrogen-bond donors (Lipinski definition) is 1. The van der Waals surface area contributed by atoms with Gasteiger partial charge in [-0.1, -0.05) is 6.85 Å². The zero-order valence-corrected chi connectivity index (χ0v) is 19.1. The van der Waals surface area contributed by atoms with Crippen molar-refractivity contribution < 1.29 is 53.2 Å². The molecule has 1 heterocycles. The third kappa shape index (κ3) is 6.49. The van der Waals surface area contributed by atoms with Gasteiger partial charge in [-0.15, -0.1) is 0 Å². The van der Waals surface area contributed by atoms with E-state index in [1.54, 1.807) is 0 Å². The highest BCUT2D eigenvalue weighted by Gasteiger charge is 2.40. The molecule has 2 aromatic rings. The SMILES string of the molecule is [2H]C([2H])([2H])C[C@H]1C[C@H](NCc2cc(C(F)(F)F)cc(C(F)(F)F)c2)c2cc(C(F)(F)F)ccc2N1C(=O)OCC. The molecule has 0 radical (unpaired) electrons. The van der Waals surface area contributed by atoms with Crippen molar-refractivity contribution in [1.29, 1.82) is 0 Å². The average Bonchev–Trinajstić information content (AvgIpc) is 2.79. The highest BCUT2D eigenvalue weighted by atomic mass is 19.4. The zero-order valence-electron chi connectivity index (χ0n) is 22.1. The number of fused-ring (bicyclic) bond motifs is 1. The standard InChI is InChI=1S/C24H23F9N2O2/c1-3-17-11-19(34-12-13-7-15(23(28,29)30)9-16(8-13)24(31,32)33)18-10-14(22(25,26)27)5-6-20(18)35(17)21(36)37-4-2/h5-10,17,19,34H,3-4,11-12H2,1-2H3/t17-,19-/m0/s1/i1D3. The predicted octanol–water partition coefficient (Wildman–Crippen LogP) is 7.72. The van der Waals surface area contributed by atoms with Gasteiger partial charge in [0, 0.05) is 22.7 Å². The lowest BCUT2D eigenvalue weighted by Gasteiger charge is -2.40.